The number of carbonyl (C=O) groups is 1. The molecule has 5 rings (SSSR count). The number of hydrogen-bond donors (Lipinski definition) is 1. The van der Waals surface area contributed by atoms with Gasteiger partial charge in [-0.2, -0.15) is 5.10 Å². The van der Waals surface area contributed by atoms with Gasteiger partial charge in [0, 0.05) is 31.9 Å². The van der Waals surface area contributed by atoms with Crippen molar-refractivity contribution in [3.05, 3.63) is 18.0 Å². The number of aromatic nitrogens is 2. The molecular formula is C21H33N3O2. The molecule has 1 aromatic heterocycles. The standard InChI is InChI=1S/C21H33N3O2/c1-19-10-16-11-20(2,13-19)15-21(12-16,14-19)26-9-8-22-18(25)5-4-17-6-7-23-24(17)3/h6-7,16H,4-5,8-15H2,1-3H3,(H,22,25)/t16?,19-,20-,21?/m0/s1. The first kappa shape index (κ1) is 18.0. The highest BCUT2D eigenvalue weighted by Crippen LogP contribution is 2.67. The van der Waals surface area contributed by atoms with Crippen LogP contribution >= 0.6 is 0 Å². The summed E-state index contributed by atoms with van der Waals surface area (Å²) in [5.74, 6) is 0.939. The number of ether oxygens (including phenoxy) is 1. The molecule has 1 amide bonds. The van der Waals surface area contributed by atoms with Gasteiger partial charge in [-0.15, -0.1) is 0 Å². The summed E-state index contributed by atoms with van der Waals surface area (Å²) in [6.45, 7) is 6.18. The zero-order valence-electron chi connectivity index (χ0n) is 16.5. The number of rotatable bonds is 7. The highest BCUT2D eigenvalue weighted by Gasteiger charge is 2.60. The van der Waals surface area contributed by atoms with Crippen LogP contribution in [-0.2, 0) is 23.0 Å². The van der Waals surface area contributed by atoms with Crippen molar-refractivity contribution in [3.63, 3.8) is 0 Å². The van der Waals surface area contributed by atoms with Crippen molar-refractivity contribution in [1.82, 2.24) is 15.1 Å². The van der Waals surface area contributed by atoms with E-state index in [4.69, 9.17) is 4.74 Å². The van der Waals surface area contributed by atoms with Crippen molar-refractivity contribution in [1.29, 1.82) is 0 Å². The summed E-state index contributed by atoms with van der Waals surface area (Å²) < 4.78 is 8.29. The van der Waals surface area contributed by atoms with Crippen LogP contribution in [-0.4, -0.2) is 34.4 Å². The van der Waals surface area contributed by atoms with Gasteiger partial charge in [0.15, 0.2) is 0 Å². The lowest BCUT2D eigenvalue weighted by Gasteiger charge is -2.65. The van der Waals surface area contributed by atoms with E-state index in [0.29, 0.717) is 30.4 Å². The number of aryl methyl sites for hydroxylation is 2. The van der Waals surface area contributed by atoms with E-state index in [2.05, 4.69) is 24.3 Å². The van der Waals surface area contributed by atoms with Crippen LogP contribution in [0.15, 0.2) is 12.3 Å². The summed E-state index contributed by atoms with van der Waals surface area (Å²) in [7, 11) is 1.91. The Labute approximate surface area is 156 Å². The Morgan fingerprint density at radius 1 is 1.27 bits per heavy atom. The second kappa shape index (κ2) is 6.36. The van der Waals surface area contributed by atoms with Gasteiger partial charge in [0.1, 0.15) is 0 Å². The molecule has 5 nitrogen and oxygen atoms in total. The van der Waals surface area contributed by atoms with Crippen LogP contribution in [0.3, 0.4) is 0 Å². The molecule has 2 atom stereocenters. The van der Waals surface area contributed by atoms with E-state index in [0.717, 1.165) is 18.0 Å². The number of nitrogens with one attached hydrogen (secondary N) is 1. The van der Waals surface area contributed by atoms with Crippen molar-refractivity contribution in [2.45, 2.75) is 70.8 Å². The molecule has 0 unspecified atom stereocenters. The lowest BCUT2D eigenvalue weighted by atomic mass is 9.43. The summed E-state index contributed by atoms with van der Waals surface area (Å²) in [6, 6.07) is 1.96. The largest absolute Gasteiger partial charge is 0.373 e. The Kier molecular flexibility index (Phi) is 4.41. The minimum absolute atomic E-state index is 0.0718. The average molecular weight is 360 g/mol. The maximum absolute atomic E-state index is 12.1. The van der Waals surface area contributed by atoms with Gasteiger partial charge in [0.2, 0.25) is 5.91 Å². The third kappa shape index (κ3) is 3.55. The minimum atomic E-state index is 0.0718. The first-order chi connectivity index (χ1) is 12.3. The lowest BCUT2D eigenvalue weighted by Crippen LogP contribution is -2.59. The number of nitrogens with zero attached hydrogens (tertiary/aromatic N) is 2. The van der Waals surface area contributed by atoms with Crippen LogP contribution < -0.4 is 5.32 Å². The number of hydrogen-bond acceptors (Lipinski definition) is 3. The van der Waals surface area contributed by atoms with Crippen LogP contribution in [0, 0.1) is 16.7 Å². The average Bonchev–Trinajstić information content (AvgIpc) is 2.91. The third-order valence-electron chi connectivity index (χ3n) is 6.94. The number of carbonyl (C=O) groups excluding carboxylic acids is 1. The molecule has 4 aliphatic carbocycles. The van der Waals surface area contributed by atoms with Gasteiger partial charge in [-0.1, -0.05) is 13.8 Å². The molecule has 26 heavy (non-hydrogen) atoms. The van der Waals surface area contributed by atoms with E-state index in [1.807, 2.05) is 17.8 Å². The van der Waals surface area contributed by atoms with Crippen molar-refractivity contribution < 1.29 is 9.53 Å². The van der Waals surface area contributed by atoms with Gasteiger partial charge in [-0.25, -0.2) is 0 Å². The van der Waals surface area contributed by atoms with Crippen molar-refractivity contribution >= 4 is 5.91 Å². The monoisotopic (exact) mass is 359 g/mol. The minimum Gasteiger partial charge on any atom is -0.373 e. The van der Waals surface area contributed by atoms with Gasteiger partial charge in [0.05, 0.1) is 12.2 Å². The Bertz CT molecular complexity index is 665. The summed E-state index contributed by atoms with van der Waals surface area (Å²) in [4.78, 5) is 12.1. The molecule has 0 aromatic carbocycles. The van der Waals surface area contributed by atoms with E-state index in [-0.39, 0.29) is 11.5 Å². The highest BCUT2D eigenvalue weighted by atomic mass is 16.5. The van der Waals surface area contributed by atoms with Gasteiger partial charge < -0.3 is 10.1 Å². The summed E-state index contributed by atoms with van der Waals surface area (Å²) in [6.07, 6.45) is 10.8. The lowest BCUT2D eigenvalue weighted by molar-refractivity contribution is -0.213. The molecule has 144 valence electrons. The normalized spacial score (nSPS) is 37.9. The highest BCUT2D eigenvalue weighted by molar-refractivity contribution is 5.76. The van der Waals surface area contributed by atoms with E-state index >= 15 is 0 Å². The van der Waals surface area contributed by atoms with Crippen LogP contribution in [0.2, 0.25) is 0 Å². The molecule has 5 heteroatoms. The second-order valence-electron chi connectivity index (χ2n) is 9.96. The molecule has 1 aromatic rings. The van der Waals surface area contributed by atoms with Gasteiger partial charge in [0.25, 0.3) is 0 Å². The molecule has 4 aliphatic rings. The summed E-state index contributed by atoms with van der Waals surface area (Å²) >= 11 is 0. The Morgan fingerprint density at radius 3 is 2.62 bits per heavy atom. The molecule has 1 N–H and O–H groups in total. The fourth-order valence-corrected chi connectivity index (χ4v) is 6.94. The Hall–Kier alpha value is -1.36. The zero-order valence-corrected chi connectivity index (χ0v) is 16.5. The van der Waals surface area contributed by atoms with Gasteiger partial charge in [-0.3, -0.25) is 9.48 Å². The van der Waals surface area contributed by atoms with Crippen LogP contribution in [0.25, 0.3) is 0 Å². The molecule has 0 spiro atoms. The fourth-order valence-electron chi connectivity index (χ4n) is 6.94. The maximum atomic E-state index is 12.1. The molecule has 4 fully saturated rings. The predicted octanol–water partition coefficient (Wildman–Crippen LogP) is 3.23. The van der Waals surface area contributed by atoms with E-state index < -0.39 is 0 Å². The van der Waals surface area contributed by atoms with Crippen LogP contribution in [0.4, 0.5) is 0 Å². The molecule has 0 saturated heterocycles. The zero-order chi connectivity index (χ0) is 18.4. The topological polar surface area (TPSA) is 56.2 Å². The van der Waals surface area contributed by atoms with Crippen molar-refractivity contribution in [2.24, 2.45) is 23.8 Å². The SMILES string of the molecule is Cn1nccc1CCC(=O)NCCOC12CC3C[C@](C)(C1)C[C@](C)(C3)C2. The maximum Gasteiger partial charge on any atom is 0.220 e. The third-order valence-corrected chi connectivity index (χ3v) is 6.94. The second-order valence-corrected chi connectivity index (χ2v) is 9.96. The smallest absolute Gasteiger partial charge is 0.220 e. The summed E-state index contributed by atoms with van der Waals surface area (Å²) in [5, 5.41) is 7.16. The molecule has 0 aliphatic heterocycles. The summed E-state index contributed by atoms with van der Waals surface area (Å²) in [5.41, 5.74) is 2.11. The quantitative estimate of drug-likeness (QED) is 0.761. The molecule has 4 saturated carbocycles. The molecule has 1 heterocycles. The van der Waals surface area contributed by atoms with E-state index in [9.17, 15) is 4.79 Å². The number of amides is 1. The van der Waals surface area contributed by atoms with Crippen molar-refractivity contribution in [3.8, 4) is 0 Å². The van der Waals surface area contributed by atoms with Crippen molar-refractivity contribution in [2.75, 3.05) is 13.2 Å². The Balaban J connectivity index is 1.22. The molecule has 4 bridgehead atoms. The Morgan fingerprint density at radius 2 is 2.00 bits per heavy atom. The predicted molar refractivity (Wildman–Crippen MR) is 101 cm³/mol. The van der Waals surface area contributed by atoms with Crippen LogP contribution in [0.1, 0.15) is 64.5 Å². The fraction of sp³-hybridized carbons (Fsp3) is 0.810. The first-order valence-electron chi connectivity index (χ1n) is 10.2. The first-order valence-corrected chi connectivity index (χ1v) is 10.2. The molecular weight excluding hydrogens is 326 g/mol. The van der Waals surface area contributed by atoms with E-state index in [1.54, 1.807) is 6.20 Å². The molecule has 0 radical (unpaired) electrons. The van der Waals surface area contributed by atoms with Gasteiger partial charge in [-0.05, 0) is 67.8 Å². The van der Waals surface area contributed by atoms with Crippen LogP contribution in [0.5, 0.6) is 0 Å². The van der Waals surface area contributed by atoms with E-state index in [1.165, 1.54) is 38.5 Å². The van der Waals surface area contributed by atoms with Gasteiger partial charge >= 0.3 is 0 Å².